The Morgan fingerprint density at radius 3 is 2.77 bits per heavy atom. The molecule has 0 amide bonds. The van der Waals surface area contributed by atoms with E-state index in [2.05, 4.69) is 11.0 Å². The van der Waals surface area contributed by atoms with Crippen LogP contribution in [0.3, 0.4) is 0 Å². The fourth-order valence-electron chi connectivity index (χ4n) is 2.22. The summed E-state index contributed by atoms with van der Waals surface area (Å²) in [7, 11) is 0. The summed E-state index contributed by atoms with van der Waals surface area (Å²) in [4.78, 5) is 2.43. The lowest BCUT2D eigenvalue weighted by molar-refractivity contribution is 0.263. The smallest absolute Gasteiger partial charge is 0.0628 e. The van der Waals surface area contributed by atoms with Crippen molar-refractivity contribution in [3.05, 3.63) is 0 Å². The summed E-state index contributed by atoms with van der Waals surface area (Å²) in [5, 5.41) is 8.67. The Kier molecular flexibility index (Phi) is 2.27. The summed E-state index contributed by atoms with van der Waals surface area (Å²) >= 11 is 0. The normalized spacial score (nSPS) is 31.5. The van der Waals surface area contributed by atoms with Crippen LogP contribution < -0.4 is 5.73 Å². The van der Waals surface area contributed by atoms with Gasteiger partial charge >= 0.3 is 0 Å². The van der Waals surface area contributed by atoms with Crippen LogP contribution in [0.1, 0.15) is 25.7 Å². The number of likely N-dealkylation sites (tertiary alicyclic amines) is 1. The summed E-state index contributed by atoms with van der Waals surface area (Å²) in [6.07, 6.45) is 4.35. The van der Waals surface area contributed by atoms with Gasteiger partial charge in [0, 0.05) is 25.6 Å². The van der Waals surface area contributed by atoms with Crippen LogP contribution in [0.15, 0.2) is 0 Å². The molecule has 3 nitrogen and oxygen atoms in total. The molecule has 0 aromatic heterocycles. The minimum Gasteiger partial charge on any atom is -0.326 e. The average Bonchev–Trinajstić information content (AvgIpc) is 2.70. The fourth-order valence-corrected chi connectivity index (χ4v) is 2.22. The van der Waals surface area contributed by atoms with Crippen molar-refractivity contribution in [3.8, 4) is 6.07 Å². The third-order valence-corrected chi connectivity index (χ3v) is 3.28. The van der Waals surface area contributed by atoms with E-state index in [-0.39, 0.29) is 0 Å². The zero-order valence-corrected chi connectivity index (χ0v) is 8.00. The van der Waals surface area contributed by atoms with Gasteiger partial charge in [-0.05, 0) is 31.2 Å². The largest absolute Gasteiger partial charge is 0.326 e. The van der Waals surface area contributed by atoms with Crippen LogP contribution in [-0.2, 0) is 0 Å². The van der Waals surface area contributed by atoms with Gasteiger partial charge in [0.15, 0.2) is 0 Å². The SMILES string of the molecule is N#CCC1(CN2CC[C@@H](N)C2)CC1. The molecule has 3 heteroatoms. The van der Waals surface area contributed by atoms with Gasteiger partial charge < -0.3 is 10.6 Å². The van der Waals surface area contributed by atoms with Crippen molar-refractivity contribution in [1.29, 1.82) is 5.26 Å². The minimum atomic E-state index is 0.360. The molecule has 13 heavy (non-hydrogen) atoms. The maximum absolute atomic E-state index is 8.67. The molecule has 0 spiro atoms. The van der Waals surface area contributed by atoms with Crippen molar-refractivity contribution in [2.45, 2.75) is 31.7 Å². The standard InChI is InChI=1S/C10H17N3/c11-5-4-10(2-3-10)8-13-6-1-9(12)7-13/h9H,1-4,6-8,12H2/t9-/m1/s1. The molecule has 2 fully saturated rings. The van der Waals surface area contributed by atoms with Crippen molar-refractivity contribution < 1.29 is 0 Å². The molecule has 1 saturated heterocycles. The Labute approximate surface area is 79.5 Å². The molecule has 72 valence electrons. The lowest BCUT2D eigenvalue weighted by atomic mass is 10.0. The predicted octanol–water partition coefficient (Wildman–Crippen LogP) is 0.713. The monoisotopic (exact) mass is 179 g/mol. The first-order valence-corrected chi connectivity index (χ1v) is 5.09. The number of hydrogen-bond donors (Lipinski definition) is 1. The molecular formula is C10H17N3. The van der Waals surface area contributed by atoms with Gasteiger partial charge in [0.1, 0.15) is 0 Å². The topological polar surface area (TPSA) is 53.0 Å². The summed E-state index contributed by atoms with van der Waals surface area (Å²) in [5.74, 6) is 0. The molecule has 2 rings (SSSR count). The molecule has 0 aromatic rings. The maximum Gasteiger partial charge on any atom is 0.0628 e. The lowest BCUT2D eigenvalue weighted by Crippen LogP contribution is -2.31. The molecule has 1 saturated carbocycles. The van der Waals surface area contributed by atoms with E-state index < -0.39 is 0 Å². The van der Waals surface area contributed by atoms with Crippen LogP contribution in [0.4, 0.5) is 0 Å². The third kappa shape index (κ3) is 2.01. The van der Waals surface area contributed by atoms with Crippen LogP contribution >= 0.6 is 0 Å². The van der Waals surface area contributed by atoms with E-state index in [1.807, 2.05) is 0 Å². The fraction of sp³-hybridized carbons (Fsp3) is 0.900. The van der Waals surface area contributed by atoms with E-state index in [1.54, 1.807) is 0 Å². The molecule has 2 N–H and O–H groups in total. The third-order valence-electron chi connectivity index (χ3n) is 3.28. The molecule has 0 unspecified atom stereocenters. The highest BCUT2D eigenvalue weighted by Gasteiger charge is 2.44. The van der Waals surface area contributed by atoms with Gasteiger partial charge in [-0.2, -0.15) is 5.26 Å². The summed E-state index contributed by atoms with van der Waals surface area (Å²) in [6.45, 7) is 3.27. The first-order chi connectivity index (χ1) is 6.24. The molecule has 0 radical (unpaired) electrons. The van der Waals surface area contributed by atoms with Gasteiger partial charge in [0.25, 0.3) is 0 Å². The quantitative estimate of drug-likeness (QED) is 0.694. The molecule has 2 aliphatic rings. The van der Waals surface area contributed by atoms with Crippen LogP contribution in [0, 0.1) is 16.7 Å². The van der Waals surface area contributed by atoms with Crippen molar-refractivity contribution in [2.24, 2.45) is 11.1 Å². The Bertz CT molecular complexity index is 227. The van der Waals surface area contributed by atoms with Gasteiger partial charge in [0.05, 0.1) is 6.07 Å². The van der Waals surface area contributed by atoms with E-state index in [0.717, 1.165) is 32.5 Å². The molecular weight excluding hydrogens is 162 g/mol. The van der Waals surface area contributed by atoms with Gasteiger partial charge in [-0.15, -0.1) is 0 Å². The summed E-state index contributed by atoms with van der Waals surface area (Å²) < 4.78 is 0. The highest BCUT2D eigenvalue weighted by atomic mass is 15.2. The van der Waals surface area contributed by atoms with Crippen LogP contribution in [-0.4, -0.2) is 30.6 Å². The number of nitriles is 1. The van der Waals surface area contributed by atoms with E-state index >= 15 is 0 Å². The van der Waals surface area contributed by atoms with Crippen LogP contribution in [0.5, 0.6) is 0 Å². The summed E-state index contributed by atoms with van der Waals surface area (Å²) in [5.41, 5.74) is 6.19. The molecule has 1 aliphatic carbocycles. The van der Waals surface area contributed by atoms with E-state index in [9.17, 15) is 0 Å². The van der Waals surface area contributed by atoms with Gasteiger partial charge in [0.2, 0.25) is 0 Å². The number of nitrogens with two attached hydrogens (primary N) is 1. The van der Waals surface area contributed by atoms with Crippen molar-refractivity contribution in [1.82, 2.24) is 4.90 Å². The second kappa shape index (κ2) is 3.28. The predicted molar refractivity (Wildman–Crippen MR) is 50.9 cm³/mol. The second-order valence-corrected chi connectivity index (χ2v) is 4.62. The summed E-state index contributed by atoms with van der Waals surface area (Å²) in [6, 6.07) is 2.67. The average molecular weight is 179 g/mol. The van der Waals surface area contributed by atoms with Crippen molar-refractivity contribution in [3.63, 3.8) is 0 Å². The zero-order valence-electron chi connectivity index (χ0n) is 8.00. The first kappa shape index (κ1) is 8.98. The maximum atomic E-state index is 8.67. The Hall–Kier alpha value is -0.590. The van der Waals surface area contributed by atoms with Gasteiger partial charge in [-0.1, -0.05) is 0 Å². The van der Waals surface area contributed by atoms with E-state index in [1.165, 1.54) is 12.8 Å². The minimum absolute atomic E-state index is 0.360. The second-order valence-electron chi connectivity index (χ2n) is 4.62. The lowest BCUT2D eigenvalue weighted by Gasteiger charge is -2.20. The van der Waals surface area contributed by atoms with Crippen LogP contribution in [0.2, 0.25) is 0 Å². The molecule has 1 heterocycles. The van der Waals surface area contributed by atoms with E-state index in [4.69, 9.17) is 11.0 Å². The molecule has 1 atom stereocenters. The highest BCUT2D eigenvalue weighted by Crippen LogP contribution is 2.49. The van der Waals surface area contributed by atoms with Crippen molar-refractivity contribution >= 4 is 0 Å². The highest BCUT2D eigenvalue weighted by molar-refractivity contribution is 5.02. The van der Waals surface area contributed by atoms with Crippen LogP contribution in [0.25, 0.3) is 0 Å². The number of hydrogen-bond acceptors (Lipinski definition) is 3. The number of rotatable bonds is 3. The zero-order chi connectivity index (χ0) is 9.31. The molecule has 0 bridgehead atoms. The first-order valence-electron chi connectivity index (χ1n) is 5.09. The van der Waals surface area contributed by atoms with Gasteiger partial charge in [-0.25, -0.2) is 0 Å². The molecule has 1 aliphatic heterocycles. The Balaban J connectivity index is 1.82. The Morgan fingerprint density at radius 2 is 2.31 bits per heavy atom. The van der Waals surface area contributed by atoms with Crippen molar-refractivity contribution in [2.75, 3.05) is 19.6 Å². The number of nitrogens with zero attached hydrogens (tertiary/aromatic N) is 2. The van der Waals surface area contributed by atoms with E-state index in [0.29, 0.717) is 11.5 Å². The Morgan fingerprint density at radius 1 is 1.54 bits per heavy atom. The van der Waals surface area contributed by atoms with Gasteiger partial charge in [-0.3, -0.25) is 0 Å². The molecule has 0 aromatic carbocycles.